The molecule has 2 saturated carbocycles. The van der Waals surface area contributed by atoms with Gasteiger partial charge in [-0.2, -0.15) is 16.8 Å². The lowest BCUT2D eigenvalue weighted by atomic mass is 9.51. The lowest BCUT2D eigenvalue weighted by Crippen LogP contribution is -2.49. The van der Waals surface area contributed by atoms with E-state index in [9.17, 15) is 21.6 Å². The van der Waals surface area contributed by atoms with Crippen LogP contribution in [0.3, 0.4) is 0 Å². The minimum Gasteiger partial charge on any atom is -0.543 e. The molecule has 8 nitrogen and oxygen atoms in total. The van der Waals surface area contributed by atoms with Crippen molar-refractivity contribution in [2.75, 3.05) is 25.7 Å². The van der Waals surface area contributed by atoms with Gasteiger partial charge in [0.1, 0.15) is 11.5 Å². The van der Waals surface area contributed by atoms with Gasteiger partial charge in [0, 0.05) is 17.8 Å². The summed E-state index contributed by atoms with van der Waals surface area (Å²) in [6, 6.07) is 6.38. The van der Waals surface area contributed by atoms with Crippen LogP contribution < -0.4 is 4.43 Å². The van der Waals surface area contributed by atoms with E-state index in [0.29, 0.717) is 18.6 Å². The van der Waals surface area contributed by atoms with Gasteiger partial charge in [0.15, 0.2) is 0 Å². The predicted octanol–water partition coefficient (Wildman–Crippen LogP) is 5.29. The van der Waals surface area contributed by atoms with Crippen molar-refractivity contribution in [1.82, 2.24) is 0 Å². The summed E-state index contributed by atoms with van der Waals surface area (Å²) < 4.78 is 65.2. The Labute approximate surface area is 241 Å². The fourth-order valence-electron chi connectivity index (χ4n) is 7.15. The Bertz CT molecular complexity index is 1310. The maximum Gasteiger partial charge on any atom is 0.264 e. The standard InChI is InChI=1S/C29H46O8S2Si/c1-28(2,3)40(7,8)37-21-9-10-22-19(15-21)16-24(20(17-35-38(5,31)32)18-36-39(6,33)34)27-23(22)13-14-29(4)25(27)11-12-26(29)30/h9-10,15,20,23-25,27H,11-14,16-18H2,1-8H3/t23-,24+,25+,27+,29+/m1/s1. The first-order valence-electron chi connectivity index (χ1n) is 14.3. The number of ketones is 1. The van der Waals surface area contributed by atoms with Crippen LogP contribution >= 0.6 is 0 Å². The third-order valence-electron chi connectivity index (χ3n) is 10.3. The number of rotatable bonds is 9. The van der Waals surface area contributed by atoms with Gasteiger partial charge in [0.25, 0.3) is 20.2 Å². The number of carbonyl (C=O) groups excluding carboxylic acids is 1. The molecular weight excluding hydrogens is 569 g/mol. The topological polar surface area (TPSA) is 113 Å². The maximum atomic E-state index is 13.1. The lowest BCUT2D eigenvalue weighted by Gasteiger charge is -2.53. The summed E-state index contributed by atoms with van der Waals surface area (Å²) in [5.41, 5.74) is 1.98. The fourth-order valence-corrected chi connectivity index (χ4v) is 9.01. The summed E-state index contributed by atoms with van der Waals surface area (Å²) in [6.45, 7) is 12.8. The highest BCUT2D eigenvalue weighted by Crippen LogP contribution is 2.62. The Hall–Kier alpha value is -1.27. The Kier molecular flexibility index (Phi) is 8.53. The van der Waals surface area contributed by atoms with Gasteiger partial charge in [0.05, 0.1) is 25.7 Å². The van der Waals surface area contributed by atoms with Crippen LogP contribution in [-0.4, -0.2) is 56.7 Å². The average molecular weight is 615 g/mol. The molecule has 1 aromatic rings. The van der Waals surface area contributed by atoms with E-state index in [1.165, 1.54) is 5.56 Å². The zero-order valence-electron chi connectivity index (χ0n) is 25.2. The summed E-state index contributed by atoms with van der Waals surface area (Å²) in [7, 11) is -9.59. The van der Waals surface area contributed by atoms with E-state index in [4.69, 9.17) is 12.8 Å². The fraction of sp³-hybridized carbons (Fsp3) is 0.759. The van der Waals surface area contributed by atoms with Crippen molar-refractivity contribution >= 4 is 34.3 Å². The smallest absolute Gasteiger partial charge is 0.264 e. The molecule has 0 aromatic heterocycles. The molecule has 0 aliphatic heterocycles. The van der Waals surface area contributed by atoms with Gasteiger partial charge in [0.2, 0.25) is 8.32 Å². The second-order valence-electron chi connectivity index (χ2n) is 14.0. The van der Waals surface area contributed by atoms with Gasteiger partial charge in [-0.25, -0.2) is 0 Å². The van der Waals surface area contributed by atoms with Crippen molar-refractivity contribution in [1.29, 1.82) is 0 Å². The van der Waals surface area contributed by atoms with Crippen molar-refractivity contribution in [3.63, 3.8) is 0 Å². The molecule has 1 aromatic carbocycles. The van der Waals surface area contributed by atoms with Gasteiger partial charge < -0.3 is 4.43 Å². The monoisotopic (exact) mass is 614 g/mol. The Morgan fingerprint density at radius 1 is 1.02 bits per heavy atom. The minimum absolute atomic E-state index is 0.0381. The zero-order chi connectivity index (χ0) is 29.9. The molecule has 5 atom stereocenters. The van der Waals surface area contributed by atoms with Crippen LogP contribution in [-0.2, 0) is 39.8 Å². The third kappa shape index (κ3) is 6.53. The van der Waals surface area contributed by atoms with E-state index in [2.05, 4.69) is 59.0 Å². The summed E-state index contributed by atoms with van der Waals surface area (Å²) in [6.07, 6.45) is 5.61. The molecule has 0 heterocycles. The molecule has 0 unspecified atom stereocenters. The summed E-state index contributed by atoms with van der Waals surface area (Å²) >= 11 is 0. The summed E-state index contributed by atoms with van der Waals surface area (Å²) in [5.74, 6) is 0.914. The van der Waals surface area contributed by atoms with Gasteiger partial charge >= 0.3 is 0 Å². The Morgan fingerprint density at radius 3 is 2.17 bits per heavy atom. The van der Waals surface area contributed by atoms with E-state index in [-0.39, 0.29) is 41.9 Å². The highest BCUT2D eigenvalue weighted by Gasteiger charge is 2.58. The highest BCUT2D eigenvalue weighted by molar-refractivity contribution is 7.86. The summed E-state index contributed by atoms with van der Waals surface area (Å²) in [5, 5.41) is 0.0381. The van der Waals surface area contributed by atoms with Crippen LogP contribution in [0.4, 0.5) is 0 Å². The van der Waals surface area contributed by atoms with Gasteiger partial charge in [-0.05, 0) is 90.7 Å². The first kappa shape index (κ1) is 31.7. The molecule has 3 aliphatic carbocycles. The maximum absolute atomic E-state index is 13.1. The van der Waals surface area contributed by atoms with E-state index >= 15 is 0 Å². The molecule has 226 valence electrons. The largest absolute Gasteiger partial charge is 0.543 e. The van der Waals surface area contributed by atoms with E-state index in [1.54, 1.807) is 0 Å². The zero-order valence-corrected chi connectivity index (χ0v) is 27.8. The molecule has 0 spiro atoms. The molecule has 2 fully saturated rings. The number of benzene rings is 1. The quantitative estimate of drug-likeness (QED) is 0.272. The predicted molar refractivity (Wildman–Crippen MR) is 158 cm³/mol. The molecule has 0 radical (unpaired) electrons. The van der Waals surface area contributed by atoms with Crippen LogP contribution in [0.1, 0.15) is 70.4 Å². The van der Waals surface area contributed by atoms with Gasteiger partial charge in [-0.15, -0.1) is 0 Å². The third-order valence-corrected chi connectivity index (χ3v) is 15.8. The summed E-state index contributed by atoms with van der Waals surface area (Å²) in [4.78, 5) is 13.1. The van der Waals surface area contributed by atoms with Crippen LogP contribution in [0, 0.1) is 29.1 Å². The molecule has 11 heteroatoms. The normalized spacial score (nSPS) is 29.2. The van der Waals surface area contributed by atoms with Gasteiger partial charge in [-0.1, -0.05) is 33.8 Å². The molecule has 0 bridgehead atoms. The van der Waals surface area contributed by atoms with Crippen LogP contribution in [0.15, 0.2) is 18.2 Å². The van der Waals surface area contributed by atoms with Crippen molar-refractivity contribution in [3.8, 4) is 5.75 Å². The lowest BCUT2D eigenvalue weighted by molar-refractivity contribution is -0.130. The van der Waals surface area contributed by atoms with E-state index in [1.807, 2.05) is 0 Å². The molecule has 3 aliphatic rings. The number of fused-ring (bicyclic) bond motifs is 5. The number of carbonyl (C=O) groups is 1. The number of hydrogen-bond acceptors (Lipinski definition) is 8. The van der Waals surface area contributed by atoms with Crippen LogP contribution in [0.25, 0.3) is 0 Å². The molecular formula is C29H46O8S2Si. The van der Waals surface area contributed by atoms with Crippen molar-refractivity contribution in [3.05, 3.63) is 29.3 Å². The van der Waals surface area contributed by atoms with Crippen LogP contribution in [0.5, 0.6) is 5.75 Å². The highest BCUT2D eigenvalue weighted by atomic mass is 32.2. The minimum atomic E-state index is -3.76. The van der Waals surface area contributed by atoms with E-state index in [0.717, 1.165) is 43.1 Å². The van der Waals surface area contributed by atoms with Crippen LogP contribution in [0.2, 0.25) is 18.1 Å². The van der Waals surface area contributed by atoms with E-state index < -0.39 is 39.9 Å². The second kappa shape index (κ2) is 10.8. The second-order valence-corrected chi connectivity index (χ2v) is 22.0. The Morgan fingerprint density at radius 2 is 1.62 bits per heavy atom. The van der Waals surface area contributed by atoms with Gasteiger partial charge in [-0.3, -0.25) is 13.2 Å². The van der Waals surface area contributed by atoms with Crippen molar-refractivity contribution < 1.29 is 34.4 Å². The molecule has 0 amide bonds. The van der Waals surface area contributed by atoms with Crippen molar-refractivity contribution in [2.24, 2.45) is 29.1 Å². The molecule has 0 N–H and O–H groups in total. The number of Topliss-reactive ketones (excluding diaryl/α,β-unsaturated/α-hetero) is 1. The first-order valence-corrected chi connectivity index (χ1v) is 20.8. The SMILES string of the molecule is CC(C)(C)[Si](C)(C)Oc1ccc2c(c1)C[C@@H](C(COS(C)(=O)=O)COS(C)(=O)=O)[C@@H]1[C@@H]2CC[C@]2(C)C(=O)CC[C@@H]12. The molecule has 4 rings (SSSR count). The molecule has 40 heavy (non-hydrogen) atoms. The number of hydrogen-bond donors (Lipinski definition) is 0. The Balaban J connectivity index is 1.77. The average Bonchev–Trinajstić information content (AvgIpc) is 3.10. The molecule has 0 saturated heterocycles. The van der Waals surface area contributed by atoms with Crippen molar-refractivity contribution in [2.45, 2.75) is 83.8 Å². The first-order chi connectivity index (χ1) is 18.2.